The SMILES string of the molecule is COCCN1CCCN([C@@H]2CCc3cc(-c4cccc(Br)c4Cl)nc(OC)c32)CNC1=O. The number of benzene rings is 1. The van der Waals surface area contributed by atoms with Crippen LogP contribution in [0.4, 0.5) is 4.79 Å². The molecule has 0 radical (unpaired) electrons. The van der Waals surface area contributed by atoms with Gasteiger partial charge < -0.3 is 19.7 Å². The van der Waals surface area contributed by atoms with Crippen LogP contribution in [0.15, 0.2) is 28.7 Å². The summed E-state index contributed by atoms with van der Waals surface area (Å²) in [5, 5.41) is 3.70. The van der Waals surface area contributed by atoms with Gasteiger partial charge in [0.2, 0.25) is 5.88 Å². The van der Waals surface area contributed by atoms with Crippen LogP contribution in [0.5, 0.6) is 5.88 Å². The summed E-state index contributed by atoms with van der Waals surface area (Å²) in [6.07, 6.45) is 2.80. The lowest BCUT2D eigenvalue weighted by atomic mass is 10.0. The molecule has 0 unspecified atom stereocenters. The van der Waals surface area contributed by atoms with Crippen LogP contribution in [0, 0.1) is 0 Å². The van der Waals surface area contributed by atoms with Crippen molar-refractivity contribution in [2.75, 3.05) is 47.1 Å². The first-order valence-electron chi connectivity index (χ1n) is 10.8. The summed E-state index contributed by atoms with van der Waals surface area (Å²) in [6, 6.07) is 8.07. The highest BCUT2D eigenvalue weighted by Gasteiger charge is 2.34. The van der Waals surface area contributed by atoms with Gasteiger partial charge in [-0.2, -0.15) is 0 Å². The van der Waals surface area contributed by atoms with E-state index in [9.17, 15) is 4.79 Å². The Balaban J connectivity index is 1.57. The van der Waals surface area contributed by atoms with E-state index in [0.29, 0.717) is 37.3 Å². The Morgan fingerprint density at radius 3 is 2.94 bits per heavy atom. The predicted molar refractivity (Wildman–Crippen MR) is 128 cm³/mol. The fourth-order valence-electron chi connectivity index (χ4n) is 4.55. The quantitative estimate of drug-likeness (QED) is 0.605. The van der Waals surface area contributed by atoms with Gasteiger partial charge in [-0.25, -0.2) is 9.78 Å². The molecule has 0 spiro atoms. The Morgan fingerprint density at radius 2 is 2.16 bits per heavy atom. The van der Waals surface area contributed by atoms with Gasteiger partial charge in [0.15, 0.2) is 0 Å². The van der Waals surface area contributed by atoms with Crippen molar-refractivity contribution < 1.29 is 14.3 Å². The molecule has 2 amide bonds. The van der Waals surface area contributed by atoms with Gasteiger partial charge in [0.25, 0.3) is 0 Å². The second kappa shape index (κ2) is 10.4. The van der Waals surface area contributed by atoms with Crippen LogP contribution in [-0.4, -0.2) is 67.9 Å². The first-order chi connectivity index (χ1) is 15.5. The number of hydrogen-bond donors (Lipinski definition) is 1. The lowest BCUT2D eigenvalue weighted by molar-refractivity contribution is 0.118. The third-order valence-electron chi connectivity index (χ3n) is 6.15. The second-order valence-corrected chi connectivity index (χ2v) is 9.26. The highest BCUT2D eigenvalue weighted by atomic mass is 79.9. The number of aryl methyl sites for hydroxylation is 1. The molecule has 0 saturated carbocycles. The molecular weight excluding hydrogens is 496 g/mol. The standard InChI is InChI=1S/C23H28BrClN4O3/c1-31-12-11-28-9-4-10-29(14-26-23(28)30)19-8-7-15-13-18(27-22(32-2)20(15)19)16-5-3-6-17(24)21(16)25/h3,5-6,13,19H,4,7-12,14H2,1-2H3,(H,26,30)/t19-/m1/s1. The minimum atomic E-state index is -0.0466. The highest BCUT2D eigenvalue weighted by Crippen LogP contribution is 2.43. The lowest BCUT2D eigenvalue weighted by Crippen LogP contribution is -2.50. The third kappa shape index (κ3) is 4.73. The van der Waals surface area contributed by atoms with Crippen LogP contribution >= 0.6 is 27.5 Å². The van der Waals surface area contributed by atoms with Gasteiger partial charge in [0.1, 0.15) is 0 Å². The maximum Gasteiger partial charge on any atom is 0.318 e. The molecule has 1 aliphatic carbocycles. The van der Waals surface area contributed by atoms with Gasteiger partial charge in [-0.3, -0.25) is 4.90 Å². The van der Waals surface area contributed by atoms with Crippen molar-refractivity contribution in [2.24, 2.45) is 0 Å². The number of urea groups is 1. The summed E-state index contributed by atoms with van der Waals surface area (Å²) in [5.41, 5.74) is 4.03. The molecule has 2 heterocycles. The Morgan fingerprint density at radius 1 is 1.31 bits per heavy atom. The summed E-state index contributed by atoms with van der Waals surface area (Å²) < 4.78 is 11.7. The molecule has 1 aliphatic heterocycles. The topological polar surface area (TPSA) is 66.9 Å². The van der Waals surface area contributed by atoms with Gasteiger partial charge >= 0.3 is 6.03 Å². The van der Waals surface area contributed by atoms with Crippen LogP contribution in [0.1, 0.15) is 30.0 Å². The molecule has 1 fully saturated rings. The van der Waals surface area contributed by atoms with E-state index in [1.807, 2.05) is 23.1 Å². The molecule has 9 heteroatoms. The summed E-state index contributed by atoms with van der Waals surface area (Å²) >= 11 is 10.0. The summed E-state index contributed by atoms with van der Waals surface area (Å²) in [7, 11) is 3.31. The lowest BCUT2D eigenvalue weighted by Gasteiger charge is -2.34. The number of nitrogens with zero attached hydrogens (tertiary/aromatic N) is 3. The van der Waals surface area contributed by atoms with Gasteiger partial charge in [0.05, 0.1) is 31.1 Å². The van der Waals surface area contributed by atoms with Crippen molar-refractivity contribution in [3.63, 3.8) is 0 Å². The number of carbonyl (C=O) groups is 1. The number of amides is 2. The van der Waals surface area contributed by atoms with Gasteiger partial charge in [0, 0.05) is 48.4 Å². The minimum Gasteiger partial charge on any atom is -0.481 e. The Bertz CT molecular complexity index is 990. The van der Waals surface area contributed by atoms with Crippen LogP contribution in [0.25, 0.3) is 11.3 Å². The molecule has 172 valence electrons. The summed E-state index contributed by atoms with van der Waals surface area (Å²) in [5.74, 6) is 0.631. The zero-order valence-corrected chi connectivity index (χ0v) is 20.7. The van der Waals surface area contributed by atoms with E-state index < -0.39 is 0 Å². The monoisotopic (exact) mass is 522 g/mol. The van der Waals surface area contributed by atoms with Crippen LogP contribution in [-0.2, 0) is 11.2 Å². The van der Waals surface area contributed by atoms with Crippen molar-refractivity contribution >= 4 is 33.6 Å². The smallest absolute Gasteiger partial charge is 0.318 e. The number of fused-ring (bicyclic) bond motifs is 1. The normalized spacial score (nSPS) is 19.3. The van der Waals surface area contributed by atoms with Crippen molar-refractivity contribution in [3.8, 4) is 17.1 Å². The fraction of sp³-hybridized carbons (Fsp3) is 0.478. The van der Waals surface area contributed by atoms with E-state index in [1.165, 1.54) is 5.56 Å². The highest BCUT2D eigenvalue weighted by molar-refractivity contribution is 9.10. The van der Waals surface area contributed by atoms with Crippen molar-refractivity contribution in [1.29, 1.82) is 0 Å². The van der Waals surface area contributed by atoms with Crippen LogP contribution in [0.3, 0.4) is 0 Å². The van der Waals surface area contributed by atoms with Crippen molar-refractivity contribution in [3.05, 3.63) is 44.9 Å². The maximum atomic E-state index is 12.5. The molecule has 2 aromatic rings. The van der Waals surface area contributed by atoms with Crippen molar-refractivity contribution in [1.82, 2.24) is 20.1 Å². The number of halogens is 2. The number of carbonyl (C=O) groups excluding carboxylic acids is 1. The molecule has 0 bridgehead atoms. The largest absolute Gasteiger partial charge is 0.481 e. The van der Waals surface area contributed by atoms with E-state index in [4.69, 9.17) is 26.1 Å². The Hall–Kier alpha value is -1.87. The molecular formula is C23H28BrClN4O3. The average Bonchev–Trinajstić information content (AvgIpc) is 3.21. The fourth-order valence-corrected chi connectivity index (χ4v) is 5.14. The van der Waals surface area contributed by atoms with Gasteiger partial charge in [-0.15, -0.1) is 0 Å². The summed E-state index contributed by atoms with van der Waals surface area (Å²) in [4.78, 5) is 21.5. The predicted octanol–water partition coefficient (Wildman–Crippen LogP) is 4.48. The summed E-state index contributed by atoms with van der Waals surface area (Å²) in [6.45, 7) is 3.24. The van der Waals surface area contributed by atoms with E-state index >= 15 is 0 Å². The molecule has 32 heavy (non-hydrogen) atoms. The van der Waals surface area contributed by atoms with Crippen LogP contribution in [0.2, 0.25) is 5.02 Å². The molecule has 1 aromatic carbocycles. The zero-order valence-electron chi connectivity index (χ0n) is 18.4. The van der Waals surface area contributed by atoms with E-state index in [1.54, 1.807) is 14.2 Å². The van der Waals surface area contributed by atoms with Crippen molar-refractivity contribution in [2.45, 2.75) is 25.3 Å². The van der Waals surface area contributed by atoms with Crippen LogP contribution < -0.4 is 10.1 Å². The average molecular weight is 524 g/mol. The first-order valence-corrected chi connectivity index (χ1v) is 12.0. The molecule has 1 atom stereocenters. The Kier molecular flexibility index (Phi) is 7.55. The number of ether oxygens (including phenoxy) is 2. The first kappa shape index (κ1) is 23.3. The van der Waals surface area contributed by atoms with E-state index in [2.05, 4.69) is 32.2 Å². The number of pyridine rings is 1. The number of nitrogens with one attached hydrogen (secondary N) is 1. The number of rotatable bonds is 6. The van der Waals surface area contributed by atoms with E-state index in [0.717, 1.165) is 47.1 Å². The van der Waals surface area contributed by atoms with Gasteiger partial charge in [-0.05, 0) is 52.9 Å². The molecule has 1 aromatic heterocycles. The molecule has 7 nitrogen and oxygen atoms in total. The third-order valence-corrected chi connectivity index (χ3v) is 7.45. The zero-order chi connectivity index (χ0) is 22.7. The number of hydrogen-bond acceptors (Lipinski definition) is 5. The molecule has 1 saturated heterocycles. The van der Waals surface area contributed by atoms with Gasteiger partial charge in [-0.1, -0.05) is 23.7 Å². The number of aromatic nitrogens is 1. The maximum absolute atomic E-state index is 12.5. The van der Waals surface area contributed by atoms with E-state index in [-0.39, 0.29) is 12.1 Å². The second-order valence-electron chi connectivity index (χ2n) is 8.03. The molecule has 4 rings (SSSR count). The molecule has 2 aliphatic rings. The Labute approximate surface area is 202 Å². The molecule has 1 N–H and O–H groups in total. The minimum absolute atomic E-state index is 0.0466. The number of methoxy groups -OCH3 is 2.